The molecule has 0 amide bonds. The molecule has 0 atom stereocenters. The number of hydrogen-bond donors (Lipinski definition) is 0. The molecule has 0 N–H and O–H groups in total. The van der Waals surface area contributed by atoms with E-state index in [9.17, 15) is 4.39 Å². The van der Waals surface area contributed by atoms with Crippen LogP contribution < -0.4 is 0 Å². The minimum Gasteiger partial charge on any atom is -0.282 e. The van der Waals surface area contributed by atoms with Crippen LogP contribution in [-0.4, -0.2) is 14.8 Å². The van der Waals surface area contributed by atoms with Gasteiger partial charge in [-0.3, -0.25) is 4.57 Å². The summed E-state index contributed by atoms with van der Waals surface area (Å²) in [4.78, 5) is 0. The summed E-state index contributed by atoms with van der Waals surface area (Å²) in [6.45, 7) is 0. The zero-order valence-corrected chi connectivity index (χ0v) is 14.5. The van der Waals surface area contributed by atoms with Gasteiger partial charge in [-0.2, -0.15) is 0 Å². The molecule has 7 rings (SSSR count). The fraction of sp³-hybridized carbons (Fsp3) is 0.619. The Balaban J connectivity index is 1.51. The van der Waals surface area contributed by atoms with Gasteiger partial charge in [-0.1, -0.05) is 0 Å². The van der Waals surface area contributed by atoms with Gasteiger partial charge in [-0.05, 0) is 93.4 Å². The normalized spacial score (nSPS) is 36.1. The SMILES string of the molecule is Fc1ccc(-n2c(C3CC3)nnc2C23CC4CC(CC(C4)C2)C3)cc1. The third-order valence-corrected chi connectivity index (χ3v) is 7.23. The highest BCUT2D eigenvalue weighted by atomic mass is 19.1. The summed E-state index contributed by atoms with van der Waals surface area (Å²) < 4.78 is 15.8. The molecule has 1 aromatic carbocycles. The van der Waals surface area contributed by atoms with Gasteiger partial charge >= 0.3 is 0 Å². The quantitative estimate of drug-likeness (QED) is 0.809. The van der Waals surface area contributed by atoms with Crippen LogP contribution in [0.15, 0.2) is 24.3 Å². The van der Waals surface area contributed by atoms with E-state index in [1.54, 1.807) is 12.1 Å². The molecule has 5 aliphatic carbocycles. The van der Waals surface area contributed by atoms with E-state index in [2.05, 4.69) is 9.67 Å². The fourth-order valence-electron chi connectivity index (χ4n) is 6.47. The summed E-state index contributed by atoms with van der Waals surface area (Å²) in [5, 5.41) is 9.44. The molecular formula is C21H24FN3. The average molecular weight is 337 g/mol. The minimum atomic E-state index is -0.179. The van der Waals surface area contributed by atoms with Gasteiger partial charge in [0.2, 0.25) is 0 Å². The largest absolute Gasteiger partial charge is 0.282 e. The highest BCUT2D eigenvalue weighted by Crippen LogP contribution is 2.60. The second-order valence-corrected chi connectivity index (χ2v) is 9.17. The number of nitrogens with zero attached hydrogens (tertiary/aromatic N) is 3. The fourth-order valence-corrected chi connectivity index (χ4v) is 6.47. The maximum absolute atomic E-state index is 13.5. The summed E-state index contributed by atoms with van der Waals surface area (Å²) in [5.41, 5.74) is 1.25. The third-order valence-electron chi connectivity index (χ3n) is 7.23. The van der Waals surface area contributed by atoms with Crippen LogP contribution in [0.5, 0.6) is 0 Å². The predicted octanol–water partition coefficient (Wildman–Crippen LogP) is 4.75. The van der Waals surface area contributed by atoms with Crippen LogP contribution >= 0.6 is 0 Å². The van der Waals surface area contributed by atoms with Gasteiger partial charge in [-0.15, -0.1) is 10.2 Å². The monoisotopic (exact) mass is 337 g/mol. The molecule has 0 spiro atoms. The standard InChI is InChI=1S/C21H24FN3/c22-17-3-5-18(6-4-17)25-19(16-1-2-16)23-24-20(25)21-10-13-7-14(11-21)9-15(8-13)12-21/h3-6,13-16H,1-2,7-12H2. The second kappa shape index (κ2) is 4.93. The molecule has 3 nitrogen and oxygen atoms in total. The van der Waals surface area contributed by atoms with Gasteiger partial charge < -0.3 is 0 Å². The lowest BCUT2D eigenvalue weighted by Crippen LogP contribution is -2.49. The van der Waals surface area contributed by atoms with Crippen molar-refractivity contribution < 1.29 is 4.39 Å². The van der Waals surface area contributed by atoms with Crippen molar-refractivity contribution >= 4 is 0 Å². The smallest absolute Gasteiger partial charge is 0.143 e. The van der Waals surface area contributed by atoms with Gasteiger partial charge in [0.05, 0.1) is 0 Å². The first-order chi connectivity index (χ1) is 12.2. The van der Waals surface area contributed by atoms with Crippen molar-refractivity contribution in [2.24, 2.45) is 17.8 Å². The van der Waals surface area contributed by atoms with Gasteiger partial charge in [0.15, 0.2) is 0 Å². The summed E-state index contributed by atoms with van der Waals surface area (Å²) in [6.07, 6.45) is 10.5. The molecule has 4 bridgehead atoms. The first-order valence-corrected chi connectivity index (χ1v) is 9.92. The number of aromatic nitrogens is 3. The van der Waals surface area contributed by atoms with Crippen LogP contribution in [-0.2, 0) is 5.41 Å². The number of rotatable bonds is 3. The van der Waals surface area contributed by atoms with Crippen molar-refractivity contribution in [2.45, 2.75) is 62.7 Å². The highest BCUT2D eigenvalue weighted by molar-refractivity contribution is 5.38. The Morgan fingerprint density at radius 2 is 1.48 bits per heavy atom. The van der Waals surface area contributed by atoms with Gasteiger partial charge in [0, 0.05) is 17.0 Å². The van der Waals surface area contributed by atoms with E-state index in [0.29, 0.717) is 5.92 Å². The molecule has 2 aromatic rings. The van der Waals surface area contributed by atoms with Crippen LogP contribution in [0, 0.1) is 23.6 Å². The maximum Gasteiger partial charge on any atom is 0.143 e. The first kappa shape index (κ1) is 14.5. The molecular weight excluding hydrogens is 313 g/mol. The second-order valence-electron chi connectivity index (χ2n) is 9.17. The molecule has 0 radical (unpaired) electrons. The zero-order chi connectivity index (χ0) is 16.6. The topological polar surface area (TPSA) is 30.7 Å². The molecule has 1 heterocycles. The lowest BCUT2D eigenvalue weighted by molar-refractivity contribution is -0.0102. The highest BCUT2D eigenvalue weighted by Gasteiger charge is 2.54. The van der Waals surface area contributed by atoms with E-state index in [1.165, 1.54) is 57.2 Å². The molecule has 4 heteroatoms. The molecule has 5 saturated carbocycles. The molecule has 130 valence electrons. The number of hydrogen-bond acceptors (Lipinski definition) is 2. The van der Waals surface area contributed by atoms with Crippen LogP contribution in [0.2, 0.25) is 0 Å². The Kier molecular flexibility index (Phi) is 2.85. The van der Waals surface area contributed by atoms with Crippen molar-refractivity contribution in [3.63, 3.8) is 0 Å². The van der Waals surface area contributed by atoms with Crippen molar-refractivity contribution in [3.05, 3.63) is 41.7 Å². The third kappa shape index (κ3) is 2.15. The molecule has 1 aromatic heterocycles. The minimum absolute atomic E-state index is 0.179. The van der Waals surface area contributed by atoms with Gasteiger partial charge in [0.1, 0.15) is 17.5 Å². The lowest BCUT2D eigenvalue weighted by Gasteiger charge is -2.56. The van der Waals surface area contributed by atoms with Crippen LogP contribution in [0.3, 0.4) is 0 Å². The van der Waals surface area contributed by atoms with E-state index >= 15 is 0 Å². The Morgan fingerprint density at radius 1 is 0.880 bits per heavy atom. The molecule has 5 aliphatic rings. The van der Waals surface area contributed by atoms with Crippen molar-refractivity contribution in [1.29, 1.82) is 0 Å². The zero-order valence-electron chi connectivity index (χ0n) is 14.5. The van der Waals surface area contributed by atoms with E-state index in [-0.39, 0.29) is 11.2 Å². The molecule has 25 heavy (non-hydrogen) atoms. The number of halogens is 1. The molecule has 0 aliphatic heterocycles. The van der Waals surface area contributed by atoms with Crippen molar-refractivity contribution in [1.82, 2.24) is 14.8 Å². The van der Waals surface area contributed by atoms with E-state index in [0.717, 1.165) is 29.3 Å². The Morgan fingerprint density at radius 3 is 2.04 bits per heavy atom. The van der Waals surface area contributed by atoms with E-state index < -0.39 is 0 Å². The van der Waals surface area contributed by atoms with Crippen LogP contribution in [0.25, 0.3) is 5.69 Å². The Labute approximate surface area is 147 Å². The predicted molar refractivity (Wildman–Crippen MR) is 93.1 cm³/mol. The summed E-state index contributed by atoms with van der Waals surface area (Å²) in [5.74, 6) is 5.30. The Bertz CT molecular complexity index is 783. The van der Waals surface area contributed by atoms with Crippen molar-refractivity contribution in [2.75, 3.05) is 0 Å². The molecule has 0 saturated heterocycles. The van der Waals surface area contributed by atoms with E-state index in [1.807, 2.05) is 12.1 Å². The summed E-state index contributed by atoms with van der Waals surface area (Å²) in [7, 11) is 0. The van der Waals surface area contributed by atoms with Gasteiger partial charge in [-0.25, -0.2) is 4.39 Å². The Hall–Kier alpha value is -1.71. The lowest BCUT2D eigenvalue weighted by atomic mass is 9.49. The summed E-state index contributed by atoms with van der Waals surface area (Å²) in [6, 6.07) is 6.92. The van der Waals surface area contributed by atoms with Crippen LogP contribution in [0.1, 0.15) is 68.9 Å². The summed E-state index contributed by atoms with van der Waals surface area (Å²) >= 11 is 0. The van der Waals surface area contributed by atoms with Gasteiger partial charge in [0.25, 0.3) is 0 Å². The maximum atomic E-state index is 13.5. The molecule has 0 unspecified atom stereocenters. The number of benzene rings is 1. The van der Waals surface area contributed by atoms with Crippen LogP contribution in [0.4, 0.5) is 4.39 Å². The average Bonchev–Trinajstić information content (AvgIpc) is 3.32. The van der Waals surface area contributed by atoms with E-state index in [4.69, 9.17) is 5.10 Å². The first-order valence-electron chi connectivity index (χ1n) is 9.92. The molecule has 5 fully saturated rings. The van der Waals surface area contributed by atoms with Crippen molar-refractivity contribution in [3.8, 4) is 5.69 Å².